The van der Waals surface area contributed by atoms with Crippen LogP contribution in [0.25, 0.3) is 0 Å². The van der Waals surface area contributed by atoms with E-state index < -0.39 is 0 Å². The fourth-order valence-electron chi connectivity index (χ4n) is 3.28. The number of benzene rings is 2. The predicted molar refractivity (Wildman–Crippen MR) is 124 cm³/mol. The summed E-state index contributed by atoms with van der Waals surface area (Å²) in [4.78, 5) is 16.8. The first kappa shape index (κ1) is 19.3. The van der Waals surface area contributed by atoms with Gasteiger partial charge in [-0.2, -0.15) is 4.99 Å². The molecule has 2 saturated heterocycles. The SMILES string of the molecule is CN1CCSC1=NC(=Nc1ccc(Br)cc1)N1CCN(c2ccccc2)CC1. The van der Waals surface area contributed by atoms with Crippen LogP contribution in [0, 0.1) is 0 Å². The Bertz CT molecular complexity index is 845. The summed E-state index contributed by atoms with van der Waals surface area (Å²) >= 11 is 5.30. The van der Waals surface area contributed by atoms with Crippen molar-refractivity contribution in [3.8, 4) is 0 Å². The Balaban J connectivity index is 1.55. The molecule has 0 aromatic heterocycles. The largest absolute Gasteiger partial charge is 0.368 e. The van der Waals surface area contributed by atoms with Crippen LogP contribution in [0.1, 0.15) is 0 Å². The molecule has 4 rings (SSSR count). The van der Waals surface area contributed by atoms with Crippen LogP contribution in [0.5, 0.6) is 0 Å². The Hall–Kier alpha value is -1.99. The van der Waals surface area contributed by atoms with Crippen LogP contribution in [0.3, 0.4) is 0 Å². The van der Waals surface area contributed by atoms with E-state index in [4.69, 9.17) is 9.98 Å². The average Bonchev–Trinajstić information content (AvgIpc) is 3.14. The third-order valence-electron chi connectivity index (χ3n) is 4.92. The number of hydrogen-bond acceptors (Lipinski definition) is 3. The number of rotatable bonds is 2. The summed E-state index contributed by atoms with van der Waals surface area (Å²) in [6, 6.07) is 18.7. The van der Waals surface area contributed by atoms with Gasteiger partial charge in [-0.05, 0) is 36.4 Å². The van der Waals surface area contributed by atoms with Gasteiger partial charge in [0.1, 0.15) is 0 Å². The summed E-state index contributed by atoms with van der Waals surface area (Å²) in [6.45, 7) is 4.80. The Morgan fingerprint density at radius 2 is 1.64 bits per heavy atom. The predicted octanol–water partition coefficient (Wildman–Crippen LogP) is 4.29. The molecule has 2 fully saturated rings. The van der Waals surface area contributed by atoms with Gasteiger partial charge in [0.05, 0.1) is 5.69 Å². The third-order valence-corrected chi connectivity index (χ3v) is 6.50. The smallest absolute Gasteiger partial charge is 0.228 e. The topological polar surface area (TPSA) is 34.4 Å². The van der Waals surface area contributed by atoms with Gasteiger partial charge < -0.3 is 14.7 Å². The van der Waals surface area contributed by atoms with Crippen molar-refractivity contribution in [1.29, 1.82) is 0 Å². The van der Waals surface area contributed by atoms with Gasteiger partial charge in [0.15, 0.2) is 5.17 Å². The molecule has 0 radical (unpaired) electrons. The summed E-state index contributed by atoms with van der Waals surface area (Å²) in [7, 11) is 2.10. The number of amidine groups is 1. The molecule has 146 valence electrons. The maximum atomic E-state index is 4.95. The van der Waals surface area contributed by atoms with Crippen molar-refractivity contribution in [3.63, 3.8) is 0 Å². The Kier molecular flexibility index (Phi) is 6.22. The number of para-hydroxylation sites is 1. The lowest BCUT2D eigenvalue weighted by atomic mass is 10.2. The molecule has 0 amide bonds. The number of thioether (sulfide) groups is 1. The summed E-state index contributed by atoms with van der Waals surface area (Å²) < 4.78 is 1.06. The Labute approximate surface area is 179 Å². The molecule has 0 atom stereocenters. The number of halogens is 1. The van der Waals surface area contributed by atoms with Gasteiger partial charge in [-0.15, -0.1) is 0 Å². The Morgan fingerprint density at radius 3 is 2.29 bits per heavy atom. The highest BCUT2D eigenvalue weighted by Gasteiger charge is 2.22. The lowest BCUT2D eigenvalue weighted by Gasteiger charge is -2.36. The number of hydrogen-bond donors (Lipinski definition) is 0. The van der Waals surface area contributed by atoms with Crippen molar-refractivity contribution in [2.45, 2.75) is 0 Å². The summed E-state index contributed by atoms with van der Waals surface area (Å²) in [5.74, 6) is 1.90. The number of piperazine rings is 1. The Morgan fingerprint density at radius 1 is 0.929 bits per heavy atom. The molecule has 7 heteroatoms. The van der Waals surface area contributed by atoms with Crippen molar-refractivity contribution in [2.24, 2.45) is 9.98 Å². The molecule has 2 heterocycles. The van der Waals surface area contributed by atoms with E-state index in [0.29, 0.717) is 0 Å². The van der Waals surface area contributed by atoms with Gasteiger partial charge in [-0.3, -0.25) is 0 Å². The minimum atomic E-state index is 0.811. The average molecular weight is 458 g/mol. The highest BCUT2D eigenvalue weighted by Crippen LogP contribution is 2.22. The number of anilines is 1. The van der Waals surface area contributed by atoms with Crippen LogP contribution < -0.4 is 4.90 Å². The first-order valence-electron chi connectivity index (χ1n) is 9.51. The fourth-order valence-corrected chi connectivity index (χ4v) is 4.55. The third kappa shape index (κ3) is 4.70. The monoisotopic (exact) mass is 457 g/mol. The van der Waals surface area contributed by atoms with Gasteiger partial charge in [0.25, 0.3) is 0 Å². The van der Waals surface area contributed by atoms with Crippen LogP contribution in [-0.4, -0.2) is 66.5 Å². The van der Waals surface area contributed by atoms with Crippen molar-refractivity contribution in [3.05, 3.63) is 59.1 Å². The normalized spacial score (nSPS) is 19.6. The first-order chi connectivity index (χ1) is 13.7. The van der Waals surface area contributed by atoms with E-state index in [1.54, 1.807) is 11.8 Å². The van der Waals surface area contributed by atoms with Crippen LogP contribution in [0.4, 0.5) is 11.4 Å². The van der Waals surface area contributed by atoms with E-state index in [-0.39, 0.29) is 0 Å². The second-order valence-corrected chi connectivity index (χ2v) is 8.84. The van der Waals surface area contributed by atoms with Crippen LogP contribution >= 0.6 is 27.7 Å². The quantitative estimate of drug-likeness (QED) is 0.497. The minimum Gasteiger partial charge on any atom is -0.368 e. The molecule has 2 aromatic carbocycles. The van der Waals surface area contributed by atoms with E-state index in [1.807, 2.05) is 24.3 Å². The van der Waals surface area contributed by atoms with E-state index in [2.05, 4.69) is 68.0 Å². The van der Waals surface area contributed by atoms with Crippen molar-refractivity contribution >= 4 is 50.2 Å². The zero-order chi connectivity index (χ0) is 19.3. The van der Waals surface area contributed by atoms with Gasteiger partial charge in [0.2, 0.25) is 5.96 Å². The second kappa shape index (κ2) is 9.01. The van der Waals surface area contributed by atoms with Crippen LogP contribution in [0.2, 0.25) is 0 Å². The van der Waals surface area contributed by atoms with E-state index in [9.17, 15) is 0 Å². The highest BCUT2D eigenvalue weighted by molar-refractivity contribution is 9.10. The van der Waals surface area contributed by atoms with E-state index in [0.717, 1.165) is 59.8 Å². The molecule has 0 saturated carbocycles. The van der Waals surface area contributed by atoms with Gasteiger partial charge in [-0.25, -0.2) is 4.99 Å². The van der Waals surface area contributed by atoms with E-state index in [1.165, 1.54) is 5.69 Å². The molecular weight excluding hydrogens is 434 g/mol. The molecule has 2 aliphatic heterocycles. The molecule has 0 unspecified atom stereocenters. The van der Waals surface area contributed by atoms with E-state index >= 15 is 0 Å². The number of guanidine groups is 1. The minimum absolute atomic E-state index is 0.811. The molecule has 0 N–H and O–H groups in total. The summed E-state index contributed by atoms with van der Waals surface area (Å²) in [5, 5.41) is 1.06. The van der Waals surface area contributed by atoms with Crippen LogP contribution in [0.15, 0.2) is 69.1 Å². The summed E-state index contributed by atoms with van der Waals surface area (Å²) in [5.41, 5.74) is 2.21. The zero-order valence-corrected chi connectivity index (χ0v) is 18.4. The lowest BCUT2D eigenvalue weighted by molar-refractivity contribution is 0.382. The molecule has 0 aliphatic carbocycles. The standard InChI is InChI=1S/C21H24BrN5S/c1-25-15-16-28-21(25)24-20(23-18-9-7-17(22)8-10-18)27-13-11-26(12-14-27)19-5-3-2-4-6-19/h2-10H,11-16H2,1H3. The maximum Gasteiger partial charge on any atom is 0.228 e. The molecule has 2 aliphatic rings. The van der Waals surface area contributed by atoms with Crippen molar-refractivity contribution in [2.75, 3.05) is 50.4 Å². The molecule has 0 bridgehead atoms. The van der Waals surface area contributed by atoms with Gasteiger partial charge in [-0.1, -0.05) is 45.9 Å². The highest BCUT2D eigenvalue weighted by atomic mass is 79.9. The van der Waals surface area contributed by atoms with Crippen LogP contribution in [-0.2, 0) is 0 Å². The molecule has 2 aromatic rings. The molecule has 5 nitrogen and oxygen atoms in total. The van der Waals surface area contributed by atoms with Crippen molar-refractivity contribution in [1.82, 2.24) is 9.80 Å². The zero-order valence-electron chi connectivity index (χ0n) is 16.0. The fraction of sp³-hybridized carbons (Fsp3) is 0.333. The van der Waals surface area contributed by atoms with Crippen molar-refractivity contribution < 1.29 is 0 Å². The maximum absolute atomic E-state index is 4.95. The number of aliphatic imine (C=N–C) groups is 2. The molecule has 0 spiro atoms. The summed E-state index contributed by atoms with van der Waals surface area (Å²) in [6.07, 6.45) is 0. The van der Waals surface area contributed by atoms with Gasteiger partial charge >= 0.3 is 0 Å². The first-order valence-corrected chi connectivity index (χ1v) is 11.3. The molecule has 28 heavy (non-hydrogen) atoms. The second-order valence-electron chi connectivity index (χ2n) is 6.86. The molecular formula is C21H24BrN5S. The van der Waals surface area contributed by atoms with Gasteiger partial charge in [0, 0.05) is 55.7 Å². The lowest BCUT2D eigenvalue weighted by Crippen LogP contribution is -2.48. The number of nitrogens with zero attached hydrogens (tertiary/aromatic N) is 5.